The van der Waals surface area contributed by atoms with Gasteiger partial charge in [0, 0.05) is 13.2 Å². The van der Waals surface area contributed by atoms with E-state index in [2.05, 4.69) is 5.32 Å². The van der Waals surface area contributed by atoms with E-state index in [1.54, 1.807) is 0 Å². The minimum Gasteiger partial charge on any atom is -0.376 e. The second kappa shape index (κ2) is 7.29. The molecule has 1 N–H and O–H groups in total. The first-order valence-corrected chi connectivity index (χ1v) is 12.0. The van der Waals surface area contributed by atoms with Crippen LogP contribution < -0.4 is 5.32 Å². The summed E-state index contributed by atoms with van der Waals surface area (Å²) in [6.45, 7) is 0.686. The number of amides is 3. The average Bonchev–Trinajstić information content (AvgIpc) is 3.44. The highest BCUT2D eigenvalue weighted by Crippen LogP contribution is 2.69. The van der Waals surface area contributed by atoms with E-state index in [1.165, 1.54) is 0 Å². The van der Waals surface area contributed by atoms with E-state index in [4.69, 9.17) is 27.9 Å². The molecule has 0 spiro atoms. The maximum Gasteiger partial charge on any atom is 0.240 e. The van der Waals surface area contributed by atoms with Crippen LogP contribution >= 0.6 is 23.2 Å². The molecule has 6 nitrogen and oxygen atoms in total. The summed E-state index contributed by atoms with van der Waals surface area (Å²) < 4.78 is 5.53. The van der Waals surface area contributed by atoms with Gasteiger partial charge in [-0.25, -0.2) is 0 Å². The Balaban J connectivity index is 1.38. The Labute approximate surface area is 201 Å². The third kappa shape index (κ3) is 2.69. The Hall–Kier alpha value is -2.41. The molecule has 2 saturated heterocycles. The monoisotopic (exact) mass is 484 g/mol. The standard InChI is InChI=1S/C25H22Cl2N2O4/c26-24-15-7-1-2-8-16(15)25(27,18-10-4-3-9-17(18)24)21-20(24)22(31)29(23(21)32)13-19(30)28-12-14-6-5-11-33-14/h1-4,7-10,14,20-21H,5-6,11-13H2,(H,28,30)/t14-,20-,21+,24?,25?/m0/s1. The van der Waals surface area contributed by atoms with Crippen molar-refractivity contribution in [1.29, 1.82) is 0 Å². The maximum absolute atomic E-state index is 13.7. The van der Waals surface area contributed by atoms with Gasteiger partial charge >= 0.3 is 0 Å². The molecule has 170 valence electrons. The molecule has 8 heteroatoms. The number of hydrogen-bond acceptors (Lipinski definition) is 4. The molecule has 33 heavy (non-hydrogen) atoms. The molecule has 0 unspecified atom stereocenters. The number of carbonyl (C=O) groups excluding carboxylic acids is 3. The molecular weight excluding hydrogens is 463 g/mol. The first-order valence-electron chi connectivity index (χ1n) is 11.2. The molecule has 0 aromatic heterocycles. The van der Waals surface area contributed by atoms with Gasteiger partial charge in [0.1, 0.15) is 16.3 Å². The normalized spacial score (nSPS) is 33.6. The molecule has 3 amide bonds. The Kier molecular flexibility index (Phi) is 4.67. The summed E-state index contributed by atoms with van der Waals surface area (Å²) >= 11 is 14.7. The topological polar surface area (TPSA) is 75.7 Å². The molecule has 0 radical (unpaired) electrons. The average molecular weight is 485 g/mol. The molecule has 2 fully saturated rings. The number of benzene rings is 2. The molecular formula is C25H22Cl2N2O4. The third-order valence-electron chi connectivity index (χ3n) is 7.53. The van der Waals surface area contributed by atoms with Crippen LogP contribution in [-0.2, 0) is 28.9 Å². The molecule has 3 aliphatic carbocycles. The van der Waals surface area contributed by atoms with Crippen LogP contribution in [0.3, 0.4) is 0 Å². The van der Waals surface area contributed by atoms with Crippen molar-refractivity contribution in [2.45, 2.75) is 28.7 Å². The van der Waals surface area contributed by atoms with Crippen molar-refractivity contribution < 1.29 is 19.1 Å². The Morgan fingerprint density at radius 1 is 0.939 bits per heavy atom. The number of halogens is 2. The lowest BCUT2D eigenvalue weighted by molar-refractivity contribution is -0.143. The van der Waals surface area contributed by atoms with Gasteiger partial charge in [-0.1, -0.05) is 48.5 Å². The molecule has 3 atom stereocenters. The number of nitrogens with zero attached hydrogens (tertiary/aromatic N) is 1. The second-order valence-corrected chi connectivity index (χ2v) is 10.4. The Bertz CT molecular complexity index is 1070. The minimum absolute atomic E-state index is 0.0291. The summed E-state index contributed by atoms with van der Waals surface area (Å²) in [6.07, 6.45) is 1.81. The van der Waals surface area contributed by atoms with Gasteiger partial charge < -0.3 is 10.1 Å². The SMILES string of the molecule is O=C(CN1C(=O)[C@@H]2[C@H](C1=O)C1(Cl)c3ccccc3C2(Cl)c2ccccc21)NC[C@@H]1CCCO1. The first kappa shape index (κ1) is 21.1. The highest BCUT2D eigenvalue weighted by Gasteiger charge is 2.73. The fourth-order valence-corrected chi connectivity index (χ4v) is 7.21. The predicted octanol–water partition coefficient (Wildman–Crippen LogP) is 2.87. The zero-order valence-electron chi connectivity index (χ0n) is 17.7. The number of likely N-dealkylation sites (tertiary alicyclic amines) is 1. The van der Waals surface area contributed by atoms with Crippen molar-refractivity contribution in [2.75, 3.05) is 19.7 Å². The van der Waals surface area contributed by atoms with Gasteiger partial charge in [-0.3, -0.25) is 19.3 Å². The maximum atomic E-state index is 13.7. The molecule has 7 rings (SSSR count). The van der Waals surface area contributed by atoms with E-state index in [0.29, 0.717) is 13.2 Å². The van der Waals surface area contributed by atoms with Gasteiger partial charge in [-0.15, -0.1) is 23.2 Å². The van der Waals surface area contributed by atoms with Crippen LogP contribution in [0.5, 0.6) is 0 Å². The van der Waals surface area contributed by atoms with E-state index in [1.807, 2.05) is 48.5 Å². The number of hydrogen-bond donors (Lipinski definition) is 1. The lowest BCUT2D eigenvalue weighted by Gasteiger charge is -2.54. The van der Waals surface area contributed by atoms with Crippen LogP contribution in [0.25, 0.3) is 0 Å². The summed E-state index contributed by atoms with van der Waals surface area (Å²) in [4.78, 5) is 38.5. The van der Waals surface area contributed by atoms with Crippen LogP contribution in [0.2, 0.25) is 0 Å². The quantitative estimate of drug-likeness (QED) is 0.534. The second-order valence-electron chi connectivity index (χ2n) is 9.17. The van der Waals surface area contributed by atoms with Crippen molar-refractivity contribution in [3.63, 3.8) is 0 Å². The number of imide groups is 1. The molecule has 2 bridgehead atoms. The summed E-state index contributed by atoms with van der Waals surface area (Å²) in [7, 11) is 0. The summed E-state index contributed by atoms with van der Waals surface area (Å²) in [5.74, 6) is -3.09. The summed E-state index contributed by atoms with van der Waals surface area (Å²) in [6, 6.07) is 14.9. The smallest absolute Gasteiger partial charge is 0.240 e. The lowest BCUT2D eigenvalue weighted by atomic mass is 9.54. The van der Waals surface area contributed by atoms with Crippen molar-refractivity contribution in [3.8, 4) is 0 Å². The molecule has 0 saturated carbocycles. The van der Waals surface area contributed by atoms with Crippen LogP contribution in [-0.4, -0.2) is 48.4 Å². The van der Waals surface area contributed by atoms with Crippen molar-refractivity contribution in [2.24, 2.45) is 11.8 Å². The van der Waals surface area contributed by atoms with E-state index in [-0.39, 0.29) is 12.6 Å². The molecule has 2 aromatic carbocycles. The number of nitrogens with one attached hydrogen (secondary N) is 1. The van der Waals surface area contributed by atoms with Crippen LogP contribution in [0.1, 0.15) is 35.1 Å². The number of carbonyl (C=O) groups is 3. The van der Waals surface area contributed by atoms with Crippen LogP contribution in [0, 0.1) is 11.8 Å². The van der Waals surface area contributed by atoms with E-state index >= 15 is 0 Å². The number of rotatable bonds is 4. The van der Waals surface area contributed by atoms with Gasteiger partial charge in [0.15, 0.2) is 0 Å². The molecule has 2 aliphatic heterocycles. The fraction of sp³-hybridized carbons (Fsp3) is 0.400. The zero-order chi connectivity index (χ0) is 23.0. The zero-order valence-corrected chi connectivity index (χ0v) is 19.2. The Morgan fingerprint density at radius 3 is 1.85 bits per heavy atom. The van der Waals surface area contributed by atoms with E-state index in [9.17, 15) is 14.4 Å². The molecule has 2 heterocycles. The van der Waals surface area contributed by atoms with Gasteiger partial charge in [-0.05, 0) is 35.1 Å². The molecule has 5 aliphatic rings. The predicted molar refractivity (Wildman–Crippen MR) is 122 cm³/mol. The van der Waals surface area contributed by atoms with Crippen molar-refractivity contribution >= 4 is 40.9 Å². The van der Waals surface area contributed by atoms with Gasteiger partial charge in [0.25, 0.3) is 0 Å². The largest absolute Gasteiger partial charge is 0.376 e. The van der Waals surface area contributed by atoms with E-state index in [0.717, 1.165) is 40.0 Å². The van der Waals surface area contributed by atoms with Crippen molar-refractivity contribution in [1.82, 2.24) is 10.2 Å². The highest BCUT2D eigenvalue weighted by atomic mass is 35.5. The van der Waals surface area contributed by atoms with Crippen LogP contribution in [0.15, 0.2) is 48.5 Å². The summed E-state index contributed by atoms with van der Waals surface area (Å²) in [5, 5.41) is 2.79. The van der Waals surface area contributed by atoms with Gasteiger partial charge in [0.05, 0.1) is 17.9 Å². The van der Waals surface area contributed by atoms with Gasteiger partial charge in [0.2, 0.25) is 17.7 Å². The summed E-state index contributed by atoms with van der Waals surface area (Å²) in [5.41, 5.74) is 2.97. The first-order chi connectivity index (χ1) is 15.9. The third-order valence-corrected chi connectivity index (χ3v) is 8.81. The highest BCUT2D eigenvalue weighted by molar-refractivity contribution is 6.36. The minimum atomic E-state index is -1.23. The van der Waals surface area contributed by atoms with Gasteiger partial charge in [-0.2, -0.15) is 0 Å². The van der Waals surface area contributed by atoms with Crippen LogP contribution in [0.4, 0.5) is 0 Å². The fourth-order valence-electron chi connectivity index (χ4n) is 6.11. The molecule has 2 aromatic rings. The lowest BCUT2D eigenvalue weighted by Crippen LogP contribution is -2.57. The number of ether oxygens (including phenoxy) is 1. The van der Waals surface area contributed by atoms with Crippen molar-refractivity contribution in [3.05, 3.63) is 70.8 Å². The number of alkyl halides is 2. The Morgan fingerprint density at radius 2 is 1.42 bits per heavy atom. The van der Waals surface area contributed by atoms with E-state index < -0.39 is 39.3 Å².